The van der Waals surface area contributed by atoms with Crippen molar-refractivity contribution < 1.29 is 4.79 Å². The molecule has 1 amide bonds. The molecule has 2 unspecified atom stereocenters. The van der Waals surface area contributed by atoms with Crippen LogP contribution in [0, 0.1) is 12.8 Å². The number of nitrogens with one attached hydrogen (secondary N) is 3. The van der Waals surface area contributed by atoms with E-state index < -0.39 is 0 Å². The minimum atomic E-state index is 0.0904. The largest absolute Gasteiger partial charge is 0.378 e. The normalized spacial score (nSPS) is 20.0. The number of benzene rings is 1. The number of nitrogens with zero attached hydrogens (tertiary/aromatic N) is 2. The van der Waals surface area contributed by atoms with Crippen molar-refractivity contribution in [1.82, 2.24) is 16.0 Å². The SMILES string of the molecule is CN=C(NCc1ccc(N(C)C)cc1C)NC1CCCC(C(=O)NC(C)C)C1. The van der Waals surface area contributed by atoms with Gasteiger partial charge in [-0.15, -0.1) is 0 Å². The van der Waals surface area contributed by atoms with Gasteiger partial charge < -0.3 is 20.9 Å². The topological polar surface area (TPSA) is 68.8 Å². The molecule has 1 saturated carbocycles. The van der Waals surface area contributed by atoms with Crippen LogP contribution in [0.1, 0.15) is 50.7 Å². The lowest BCUT2D eigenvalue weighted by Gasteiger charge is -2.30. The summed E-state index contributed by atoms with van der Waals surface area (Å²) in [4.78, 5) is 18.8. The first kappa shape index (κ1) is 22.1. The smallest absolute Gasteiger partial charge is 0.223 e. The van der Waals surface area contributed by atoms with Crippen molar-refractivity contribution >= 4 is 17.6 Å². The summed E-state index contributed by atoms with van der Waals surface area (Å²) in [5, 5.41) is 9.99. The molecule has 3 N–H and O–H groups in total. The number of guanidine groups is 1. The van der Waals surface area contributed by atoms with Crippen LogP contribution in [0.25, 0.3) is 0 Å². The van der Waals surface area contributed by atoms with Crippen molar-refractivity contribution in [2.45, 2.75) is 65.1 Å². The quantitative estimate of drug-likeness (QED) is 0.519. The first-order valence-corrected chi connectivity index (χ1v) is 10.3. The van der Waals surface area contributed by atoms with E-state index in [1.54, 1.807) is 7.05 Å². The monoisotopic (exact) mass is 387 g/mol. The maximum Gasteiger partial charge on any atom is 0.223 e. The molecule has 156 valence electrons. The van der Waals surface area contributed by atoms with E-state index in [4.69, 9.17) is 0 Å². The molecule has 1 aromatic carbocycles. The van der Waals surface area contributed by atoms with Gasteiger partial charge in [-0.1, -0.05) is 12.5 Å². The number of hydrogen-bond donors (Lipinski definition) is 3. The molecule has 1 aliphatic rings. The lowest BCUT2D eigenvalue weighted by atomic mass is 9.85. The number of rotatable bonds is 6. The van der Waals surface area contributed by atoms with Crippen LogP contribution in [0.5, 0.6) is 0 Å². The number of hydrogen-bond acceptors (Lipinski definition) is 3. The number of amides is 1. The Bertz CT molecular complexity index is 684. The van der Waals surface area contributed by atoms with Gasteiger partial charge in [0, 0.05) is 51.4 Å². The van der Waals surface area contributed by atoms with Gasteiger partial charge in [0.25, 0.3) is 0 Å². The molecule has 2 rings (SSSR count). The van der Waals surface area contributed by atoms with Crippen molar-refractivity contribution in [2.24, 2.45) is 10.9 Å². The lowest BCUT2D eigenvalue weighted by Crippen LogP contribution is -2.47. The zero-order valence-electron chi connectivity index (χ0n) is 18.3. The molecule has 0 aromatic heterocycles. The second-order valence-corrected chi connectivity index (χ2v) is 8.30. The Hall–Kier alpha value is -2.24. The van der Waals surface area contributed by atoms with Crippen molar-refractivity contribution in [1.29, 1.82) is 0 Å². The van der Waals surface area contributed by atoms with E-state index >= 15 is 0 Å². The molecule has 0 aliphatic heterocycles. The predicted molar refractivity (Wildman–Crippen MR) is 118 cm³/mol. The third-order valence-corrected chi connectivity index (χ3v) is 5.33. The zero-order chi connectivity index (χ0) is 20.7. The van der Waals surface area contributed by atoms with Crippen LogP contribution in [0.15, 0.2) is 23.2 Å². The van der Waals surface area contributed by atoms with Crippen LogP contribution in [0.4, 0.5) is 5.69 Å². The molecule has 6 nitrogen and oxygen atoms in total. The molecule has 1 fully saturated rings. The summed E-state index contributed by atoms with van der Waals surface area (Å²) in [5.41, 5.74) is 3.72. The van der Waals surface area contributed by atoms with Gasteiger partial charge in [0.2, 0.25) is 5.91 Å². The first-order valence-electron chi connectivity index (χ1n) is 10.3. The van der Waals surface area contributed by atoms with Gasteiger partial charge in [-0.25, -0.2) is 0 Å². The van der Waals surface area contributed by atoms with E-state index in [1.807, 2.05) is 13.8 Å². The van der Waals surface area contributed by atoms with Crippen LogP contribution in [0.2, 0.25) is 0 Å². The Morgan fingerprint density at radius 1 is 1.29 bits per heavy atom. The fourth-order valence-corrected chi connectivity index (χ4v) is 3.68. The van der Waals surface area contributed by atoms with Crippen LogP contribution in [-0.2, 0) is 11.3 Å². The summed E-state index contributed by atoms with van der Waals surface area (Å²) in [6.45, 7) is 6.88. The van der Waals surface area contributed by atoms with Gasteiger partial charge in [0.05, 0.1) is 0 Å². The summed E-state index contributed by atoms with van der Waals surface area (Å²) in [5.74, 6) is 1.07. The van der Waals surface area contributed by atoms with Gasteiger partial charge >= 0.3 is 0 Å². The van der Waals surface area contributed by atoms with Crippen molar-refractivity contribution in [3.8, 4) is 0 Å². The molecule has 0 heterocycles. The van der Waals surface area contributed by atoms with Crippen LogP contribution in [0.3, 0.4) is 0 Å². The first-order chi connectivity index (χ1) is 13.3. The van der Waals surface area contributed by atoms with Crippen molar-refractivity contribution in [2.75, 3.05) is 26.0 Å². The van der Waals surface area contributed by atoms with Crippen LogP contribution < -0.4 is 20.9 Å². The third kappa shape index (κ3) is 6.43. The molecule has 1 aromatic rings. The summed E-state index contributed by atoms with van der Waals surface area (Å²) < 4.78 is 0. The van der Waals surface area contributed by atoms with Crippen molar-refractivity contribution in [3.63, 3.8) is 0 Å². The average Bonchev–Trinajstić information content (AvgIpc) is 2.65. The molecule has 6 heteroatoms. The van der Waals surface area contributed by atoms with E-state index in [9.17, 15) is 4.79 Å². The highest BCUT2D eigenvalue weighted by Gasteiger charge is 2.28. The summed E-state index contributed by atoms with van der Waals surface area (Å²) in [6.07, 6.45) is 3.97. The minimum Gasteiger partial charge on any atom is -0.378 e. The lowest BCUT2D eigenvalue weighted by molar-refractivity contribution is -0.126. The highest BCUT2D eigenvalue weighted by atomic mass is 16.1. The molecule has 0 radical (unpaired) electrons. The fourth-order valence-electron chi connectivity index (χ4n) is 3.68. The summed E-state index contributed by atoms with van der Waals surface area (Å²) >= 11 is 0. The number of aryl methyl sites for hydroxylation is 1. The predicted octanol–water partition coefficient (Wildman–Crippen LogP) is 2.81. The molecule has 0 bridgehead atoms. The number of aliphatic imine (C=N–C) groups is 1. The van der Waals surface area contributed by atoms with E-state index in [-0.39, 0.29) is 23.9 Å². The van der Waals surface area contributed by atoms with E-state index in [1.165, 1.54) is 16.8 Å². The molecule has 1 aliphatic carbocycles. The van der Waals surface area contributed by atoms with Gasteiger partial charge in [0.15, 0.2) is 5.96 Å². The zero-order valence-corrected chi connectivity index (χ0v) is 18.3. The Morgan fingerprint density at radius 2 is 2.04 bits per heavy atom. The van der Waals surface area contributed by atoms with Crippen LogP contribution in [-0.4, -0.2) is 45.1 Å². The highest BCUT2D eigenvalue weighted by Crippen LogP contribution is 2.24. The molecule has 2 atom stereocenters. The van der Waals surface area contributed by atoms with Gasteiger partial charge in [-0.2, -0.15) is 0 Å². The van der Waals surface area contributed by atoms with Crippen molar-refractivity contribution in [3.05, 3.63) is 29.3 Å². The molecule has 0 saturated heterocycles. The second kappa shape index (κ2) is 10.3. The fraction of sp³-hybridized carbons (Fsp3) is 0.636. The summed E-state index contributed by atoms with van der Waals surface area (Å²) in [7, 11) is 5.90. The number of anilines is 1. The van der Waals surface area contributed by atoms with Crippen LogP contribution >= 0.6 is 0 Å². The molecular formula is C22H37N5O. The van der Waals surface area contributed by atoms with Gasteiger partial charge in [-0.3, -0.25) is 9.79 Å². The van der Waals surface area contributed by atoms with E-state index in [0.29, 0.717) is 0 Å². The third-order valence-electron chi connectivity index (χ3n) is 5.33. The van der Waals surface area contributed by atoms with Gasteiger partial charge in [-0.05, 0) is 63.3 Å². The molecule has 28 heavy (non-hydrogen) atoms. The van der Waals surface area contributed by atoms with Gasteiger partial charge in [0.1, 0.15) is 0 Å². The Kier molecular flexibility index (Phi) is 8.15. The highest BCUT2D eigenvalue weighted by molar-refractivity contribution is 5.81. The number of carbonyl (C=O) groups excluding carboxylic acids is 1. The van der Waals surface area contributed by atoms with E-state index in [2.05, 4.69) is 65.1 Å². The summed E-state index contributed by atoms with van der Waals surface area (Å²) in [6, 6.07) is 6.97. The minimum absolute atomic E-state index is 0.0904. The molecule has 0 spiro atoms. The molecular weight excluding hydrogens is 350 g/mol. The Morgan fingerprint density at radius 3 is 2.64 bits per heavy atom. The number of carbonyl (C=O) groups is 1. The standard InChI is InChI=1S/C22H37N5O/c1-15(2)25-21(28)17-8-7-9-19(13-17)26-22(23-4)24-14-18-10-11-20(27(5)6)12-16(18)3/h10-12,15,17,19H,7-9,13-14H2,1-6H3,(H,25,28)(H2,23,24,26). The van der Waals surface area contributed by atoms with E-state index in [0.717, 1.165) is 38.2 Å². The Labute approximate surface area is 170 Å². The maximum absolute atomic E-state index is 12.3. The second-order valence-electron chi connectivity index (χ2n) is 8.30. The Balaban J connectivity index is 1.89. The average molecular weight is 388 g/mol. The maximum atomic E-state index is 12.3.